The first-order chi connectivity index (χ1) is 8.46. The molecule has 0 radical (unpaired) electrons. The van der Waals surface area contributed by atoms with Crippen molar-refractivity contribution in [3.63, 3.8) is 0 Å². The lowest BCUT2D eigenvalue weighted by molar-refractivity contribution is 0.313. The van der Waals surface area contributed by atoms with Gasteiger partial charge in [0.1, 0.15) is 5.15 Å². The fourth-order valence-electron chi connectivity index (χ4n) is 2.68. The number of pyridine rings is 1. The molecule has 2 nitrogen and oxygen atoms in total. The third-order valence-corrected chi connectivity index (χ3v) is 4.36. The van der Waals surface area contributed by atoms with Gasteiger partial charge in [0.05, 0.1) is 11.9 Å². The minimum Gasteiger partial charge on any atom is -0.381 e. The van der Waals surface area contributed by atoms with Gasteiger partial charge in [-0.2, -0.15) is 0 Å². The lowest BCUT2D eigenvalue weighted by Gasteiger charge is -2.22. The SMILES string of the molecule is Cc1cc(NC2CCCC(C)(C)CC2)cnc1Cl. The molecule has 100 valence electrons. The van der Waals surface area contributed by atoms with Gasteiger partial charge >= 0.3 is 0 Å². The Morgan fingerprint density at radius 1 is 1.33 bits per heavy atom. The van der Waals surface area contributed by atoms with E-state index in [0.717, 1.165) is 11.3 Å². The van der Waals surface area contributed by atoms with Crippen LogP contribution in [-0.2, 0) is 0 Å². The molecule has 18 heavy (non-hydrogen) atoms. The topological polar surface area (TPSA) is 24.9 Å². The molecule has 1 saturated carbocycles. The van der Waals surface area contributed by atoms with Crippen molar-refractivity contribution in [2.24, 2.45) is 5.41 Å². The normalized spacial score (nSPS) is 23.4. The third-order valence-electron chi connectivity index (χ3n) is 3.96. The van der Waals surface area contributed by atoms with Gasteiger partial charge in [-0.1, -0.05) is 31.9 Å². The van der Waals surface area contributed by atoms with Crippen molar-refractivity contribution >= 4 is 17.3 Å². The van der Waals surface area contributed by atoms with Crippen molar-refractivity contribution in [1.29, 1.82) is 0 Å². The molecule has 1 fully saturated rings. The fourth-order valence-corrected chi connectivity index (χ4v) is 2.78. The number of hydrogen-bond donors (Lipinski definition) is 1. The molecule has 1 unspecified atom stereocenters. The van der Waals surface area contributed by atoms with Crippen molar-refractivity contribution in [2.45, 2.75) is 58.9 Å². The lowest BCUT2D eigenvalue weighted by Crippen LogP contribution is -2.19. The highest BCUT2D eigenvalue weighted by Gasteiger charge is 2.24. The smallest absolute Gasteiger partial charge is 0.132 e. The Morgan fingerprint density at radius 3 is 2.83 bits per heavy atom. The van der Waals surface area contributed by atoms with Crippen LogP contribution < -0.4 is 5.32 Å². The van der Waals surface area contributed by atoms with Gasteiger partial charge in [0.15, 0.2) is 0 Å². The average molecular weight is 267 g/mol. The number of hydrogen-bond acceptors (Lipinski definition) is 2. The Hall–Kier alpha value is -0.760. The first-order valence-corrected chi connectivity index (χ1v) is 7.23. The summed E-state index contributed by atoms with van der Waals surface area (Å²) in [6.45, 7) is 6.75. The van der Waals surface area contributed by atoms with Crippen molar-refractivity contribution in [2.75, 3.05) is 5.32 Å². The Labute approximate surface area is 115 Å². The van der Waals surface area contributed by atoms with Crippen LogP contribution in [0.15, 0.2) is 12.3 Å². The standard InChI is InChI=1S/C15H23ClN2/c1-11-9-13(10-17-14(11)16)18-12-5-4-7-15(2,3)8-6-12/h9-10,12,18H,4-8H2,1-3H3. The van der Waals surface area contributed by atoms with Crippen molar-refractivity contribution in [3.8, 4) is 0 Å². The second kappa shape index (κ2) is 5.48. The molecule has 1 heterocycles. The maximum atomic E-state index is 5.95. The number of rotatable bonds is 2. The second-order valence-corrected chi connectivity index (χ2v) is 6.63. The largest absolute Gasteiger partial charge is 0.381 e. The molecule has 1 atom stereocenters. The Balaban J connectivity index is 1.98. The zero-order chi connectivity index (χ0) is 13.2. The Morgan fingerprint density at radius 2 is 2.11 bits per heavy atom. The van der Waals surface area contributed by atoms with Crippen LogP contribution in [0.3, 0.4) is 0 Å². The zero-order valence-corrected chi connectivity index (χ0v) is 12.3. The van der Waals surface area contributed by atoms with Gasteiger partial charge in [-0.25, -0.2) is 4.98 Å². The van der Waals surface area contributed by atoms with E-state index in [1.807, 2.05) is 13.1 Å². The summed E-state index contributed by atoms with van der Waals surface area (Å²) < 4.78 is 0. The molecule has 0 aliphatic heterocycles. The van der Waals surface area contributed by atoms with Gasteiger partial charge in [0, 0.05) is 6.04 Å². The van der Waals surface area contributed by atoms with Crippen molar-refractivity contribution < 1.29 is 0 Å². The van der Waals surface area contributed by atoms with Gasteiger partial charge in [0.2, 0.25) is 0 Å². The summed E-state index contributed by atoms with van der Waals surface area (Å²) in [6, 6.07) is 2.67. The predicted octanol–water partition coefficient (Wildman–Crippen LogP) is 4.81. The van der Waals surface area contributed by atoms with E-state index in [2.05, 4.69) is 30.2 Å². The minimum absolute atomic E-state index is 0.505. The zero-order valence-electron chi connectivity index (χ0n) is 11.6. The highest BCUT2D eigenvalue weighted by Crippen LogP contribution is 2.34. The van der Waals surface area contributed by atoms with E-state index in [1.54, 1.807) is 0 Å². The quantitative estimate of drug-likeness (QED) is 0.614. The van der Waals surface area contributed by atoms with Crippen LogP contribution in [0.4, 0.5) is 5.69 Å². The van der Waals surface area contributed by atoms with Crippen LogP contribution in [-0.4, -0.2) is 11.0 Å². The van der Waals surface area contributed by atoms with Gasteiger partial charge in [-0.3, -0.25) is 0 Å². The molecule has 1 aromatic rings. The molecule has 0 bridgehead atoms. The third kappa shape index (κ3) is 3.61. The predicted molar refractivity (Wildman–Crippen MR) is 78.3 cm³/mol. The average Bonchev–Trinajstić information content (AvgIpc) is 2.46. The Kier molecular flexibility index (Phi) is 4.16. The highest BCUT2D eigenvalue weighted by atomic mass is 35.5. The van der Waals surface area contributed by atoms with Crippen molar-refractivity contribution in [1.82, 2.24) is 4.98 Å². The van der Waals surface area contributed by atoms with E-state index in [-0.39, 0.29) is 0 Å². The molecule has 0 spiro atoms. The first-order valence-electron chi connectivity index (χ1n) is 6.85. The van der Waals surface area contributed by atoms with Gasteiger partial charge in [0.25, 0.3) is 0 Å². The maximum absolute atomic E-state index is 5.95. The summed E-state index contributed by atoms with van der Waals surface area (Å²) in [5.74, 6) is 0. The van der Waals surface area contributed by atoms with Crippen LogP contribution in [0.2, 0.25) is 5.15 Å². The number of aryl methyl sites for hydroxylation is 1. The molecule has 0 saturated heterocycles. The first kappa shape index (κ1) is 13.7. The Bertz CT molecular complexity index is 415. The summed E-state index contributed by atoms with van der Waals surface area (Å²) in [6.07, 6.45) is 8.28. The summed E-state index contributed by atoms with van der Waals surface area (Å²) >= 11 is 5.95. The van der Waals surface area contributed by atoms with Gasteiger partial charge < -0.3 is 5.32 Å². The number of halogens is 1. The molecule has 1 aliphatic rings. The van der Waals surface area contributed by atoms with Crippen LogP contribution in [0, 0.1) is 12.3 Å². The van der Waals surface area contributed by atoms with Gasteiger partial charge in [-0.05, 0) is 49.7 Å². The summed E-state index contributed by atoms with van der Waals surface area (Å²) in [4.78, 5) is 4.20. The van der Waals surface area contributed by atoms with Crippen LogP contribution in [0.25, 0.3) is 0 Å². The second-order valence-electron chi connectivity index (χ2n) is 6.27. The van der Waals surface area contributed by atoms with E-state index in [9.17, 15) is 0 Å². The molecule has 1 aromatic heterocycles. The molecule has 0 amide bonds. The summed E-state index contributed by atoms with van der Waals surface area (Å²) in [5, 5.41) is 4.21. The molecular weight excluding hydrogens is 244 g/mol. The fraction of sp³-hybridized carbons (Fsp3) is 0.667. The van der Waals surface area contributed by atoms with Crippen LogP contribution >= 0.6 is 11.6 Å². The maximum Gasteiger partial charge on any atom is 0.132 e. The number of nitrogens with one attached hydrogen (secondary N) is 1. The van der Waals surface area contributed by atoms with E-state index in [1.165, 1.54) is 32.1 Å². The molecule has 1 aliphatic carbocycles. The summed E-state index contributed by atoms with van der Waals surface area (Å²) in [5.41, 5.74) is 2.64. The van der Waals surface area contributed by atoms with Crippen LogP contribution in [0.5, 0.6) is 0 Å². The van der Waals surface area contributed by atoms with E-state index >= 15 is 0 Å². The monoisotopic (exact) mass is 266 g/mol. The van der Waals surface area contributed by atoms with E-state index in [4.69, 9.17) is 11.6 Å². The molecule has 2 rings (SSSR count). The highest BCUT2D eigenvalue weighted by molar-refractivity contribution is 6.30. The van der Waals surface area contributed by atoms with Crippen molar-refractivity contribution in [3.05, 3.63) is 23.0 Å². The summed E-state index contributed by atoms with van der Waals surface area (Å²) in [7, 11) is 0. The molecular formula is C15H23ClN2. The van der Waals surface area contributed by atoms with E-state index < -0.39 is 0 Å². The van der Waals surface area contributed by atoms with Crippen LogP contribution in [0.1, 0.15) is 51.5 Å². The number of nitrogens with zero attached hydrogens (tertiary/aromatic N) is 1. The lowest BCUT2D eigenvalue weighted by atomic mass is 9.85. The van der Waals surface area contributed by atoms with Gasteiger partial charge in [-0.15, -0.1) is 0 Å². The molecule has 0 aromatic carbocycles. The van der Waals surface area contributed by atoms with E-state index in [0.29, 0.717) is 16.6 Å². The molecule has 3 heteroatoms. The molecule has 1 N–H and O–H groups in total. The minimum atomic E-state index is 0.505. The number of aromatic nitrogens is 1. The number of anilines is 1.